The minimum atomic E-state index is -0.0494. The Morgan fingerprint density at radius 2 is 1.73 bits per heavy atom. The summed E-state index contributed by atoms with van der Waals surface area (Å²) in [4.78, 5) is 13.4. The molecule has 0 aliphatic carbocycles. The lowest BCUT2D eigenvalue weighted by molar-refractivity contribution is -0.00461. The van der Waals surface area contributed by atoms with Crippen LogP contribution in [0, 0.1) is 0 Å². The number of hydrogen-bond acceptors (Lipinski definition) is 3. The average Bonchev–Trinajstić information content (AvgIpc) is 2.59. The van der Waals surface area contributed by atoms with Crippen molar-refractivity contribution in [3.05, 3.63) is 0 Å². The van der Waals surface area contributed by atoms with Gasteiger partial charge in [-0.25, -0.2) is 4.79 Å². The summed E-state index contributed by atoms with van der Waals surface area (Å²) in [5, 5.41) is 2.85. The molecule has 0 radical (unpaired) electrons. The summed E-state index contributed by atoms with van der Waals surface area (Å²) < 4.78 is 10.5. The molecule has 2 atom stereocenters. The summed E-state index contributed by atoms with van der Waals surface area (Å²) in [5.41, 5.74) is 0. The Morgan fingerprint density at radius 3 is 2.07 bits per heavy atom. The Balaban J connectivity index is 2.49. The van der Waals surface area contributed by atoms with Crippen LogP contribution in [0.2, 0.25) is 0 Å². The molecule has 0 aromatic rings. The quantitative estimate of drug-likeness (QED) is 0.745. The van der Waals surface area contributed by atoms with E-state index in [0.29, 0.717) is 13.1 Å². The molecule has 0 aromatic carbocycles. The van der Waals surface area contributed by atoms with Crippen molar-refractivity contribution in [1.29, 1.82) is 0 Å². The zero-order valence-corrected chi connectivity index (χ0v) is 9.82. The summed E-state index contributed by atoms with van der Waals surface area (Å²) in [6.07, 6.45) is -0.0409. The molecule has 5 heteroatoms. The van der Waals surface area contributed by atoms with Gasteiger partial charge in [-0.2, -0.15) is 0 Å². The molecule has 1 heterocycles. The van der Waals surface area contributed by atoms with Crippen molar-refractivity contribution in [2.24, 2.45) is 0 Å². The zero-order chi connectivity index (χ0) is 11.4. The summed E-state index contributed by atoms with van der Waals surface area (Å²) in [6, 6.07) is 0.103. The van der Waals surface area contributed by atoms with E-state index in [1.54, 1.807) is 19.1 Å². The maximum Gasteiger partial charge on any atom is 0.317 e. The van der Waals surface area contributed by atoms with E-state index in [0.717, 1.165) is 0 Å². The Kier molecular flexibility index (Phi) is 4.35. The standard InChI is InChI=1S/C10H20N2O3/c1-7(2)11-10(13)12-5-8(14-3)9(6-12)15-4/h7-9H,5-6H2,1-4H3,(H,11,13). The van der Waals surface area contributed by atoms with E-state index < -0.39 is 0 Å². The molecule has 2 amide bonds. The molecule has 0 saturated carbocycles. The van der Waals surface area contributed by atoms with E-state index in [1.165, 1.54) is 0 Å². The molecule has 1 aliphatic heterocycles. The van der Waals surface area contributed by atoms with Crippen LogP contribution in [0.25, 0.3) is 0 Å². The number of nitrogens with zero attached hydrogens (tertiary/aromatic N) is 1. The van der Waals surface area contributed by atoms with Gasteiger partial charge in [-0.15, -0.1) is 0 Å². The van der Waals surface area contributed by atoms with Crippen LogP contribution in [-0.4, -0.2) is 56.5 Å². The van der Waals surface area contributed by atoms with Crippen LogP contribution in [0.4, 0.5) is 4.79 Å². The smallest absolute Gasteiger partial charge is 0.317 e. The molecule has 0 bridgehead atoms. The van der Waals surface area contributed by atoms with Gasteiger partial charge in [0, 0.05) is 20.3 Å². The first kappa shape index (κ1) is 12.3. The zero-order valence-electron chi connectivity index (χ0n) is 9.82. The van der Waals surface area contributed by atoms with Gasteiger partial charge >= 0.3 is 6.03 Å². The minimum absolute atomic E-state index is 0.0205. The first-order valence-corrected chi connectivity index (χ1v) is 5.19. The van der Waals surface area contributed by atoms with Crippen LogP contribution >= 0.6 is 0 Å². The molecule has 1 rings (SSSR count). The molecule has 15 heavy (non-hydrogen) atoms. The van der Waals surface area contributed by atoms with E-state index >= 15 is 0 Å². The van der Waals surface area contributed by atoms with E-state index in [4.69, 9.17) is 9.47 Å². The third kappa shape index (κ3) is 3.07. The average molecular weight is 216 g/mol. The molecular formula is C10H20N2O3. The molecule has 0 spiro atoms. The predicted molar refractivity (Wildman–Crippen MR) is 56.8 cm³/mol. The van der Waals surface area contributed by atoms with Crippen molar-refractivity contribution in [3.8, 4) is 0 Å². The lowest BCUT2D eigenvalue weighted by Crippen LogP contribution is -2.42. The van der Waals surface area contributed by atoms with Gasteiger partial charge in [0.05, 0.1) is 13.1 Å². The molecule has 5 nitrogen and oxygen atoms in total. The van der Waals surface area contributed by atoms with Gasteiger partial charge in [-0.1, -0.05) is 0 Å². The number of urea groups is 1. The molecule has 88 valence electrons. The number of methoxy groups -OCH3 is 2. The van der Waals surface area contributed by atoms with Crippen molar-refractivity contribution >= 4 is 6.03 Å². The van der Waals surface area contributed by atoms with Crippen LogP contribution in [0.1, 0.15) is 13.8 Å². The first-order valence-electron chi connectivity index (χ1n) is 5.19. The number of hydrogen-bond donors (Lipinski definition) is 1. The molecule has 1 saturated heterocycles. The van der Waals surface area contributed by atoms with Crippen molar-refractivity contribution in [2.45, 2.75) is 32.1 Å². The SMILES string of the molecule is COC1CN(C(=O)NC(C)C)CC1OC. The summed E-state index contributed by atoms with van der Waals surface area (Å²) in [5.74, 6) is 0. The molecule has 1 aliphatic rings. The Hall–Kier alpha value is -0.810. The first-order chi connectivity index (χ1) is 7.08. The topological polar surface area (TPSA) is 50.8 Å². The Labute approximate surface area is 90.7 Å². The summed E-state index contributed by atoms with van der Waals surface area (Å²) >= 11 is 0. The number of ether oxygens (including phenoxy) is 2. The predicted octanol–water partition coefficient (Wildman–Crippen LogP) is 0.450. The van der Waals surface area contributed by atoms with E-state index in [1.807, 2.05) is 13.8 Å². The Morgan fingerprint density at radius 1 is 1.27 bits per heavy atom. The number of amides is 2. The normalized spacial score (nSPS) is 26.1. The fourth-order valence-corrected chi connectivity index (χ4v) is 1.70. The largest absolute Gasteiger partial charge is 0.377 e. The molecular weight excluding hydrogens is 196 g/mol. The molecule has 2 unspecified atom stereocenters. The highest BCUT2D eigenvalue weighted by Crippen LogP contribution is 2.15. The third-order valence-electron chi connectivity index (χ3n) is 2.52. The number of likely N-dealkylation sites (tertiary alicyclic amines) is 1. The fraction of sp³-hybridized carbons (Fsp3) is 0.900. The number of rotatable bonds is 3. The van der Waals surface area contributed by atoms with Gasteiger partial charge in [0.2, 0.25) is 0 Å². The van der Waals surface area contributed by atoms with Gasteiger partial charge in [0.25, 0.3) is 0 Å². The van der Waals surface area contributed by atoms with Crippen molar-refractivity contribution in [2.75, 3.05) is 27.3 Å². The monoisotopic (exact) mass is 216 g/mol. The number of nitrogens with one attached hydrogen (secondary N) is 1. The highest BCUT2D eigenvalue weighted by atomic mass is 16.5. The molecule has 1 N–H and O–H groups in total. The maximum atomic E-state index is 11.7. The Bertz CT molecular complexity index is 209. The molecule has 0 aromatic heterocycles. The van der Waals surface area contributed by atoms with Crippen LogP contribution in [0.15, 0.2) is 0 Å². The van der Waals surface area contributed by atoms with Gasteiger partial charge in [-0.05, 0) is 13.8 Å². The second kappa shape index (κ2) is 5.32. The van der Waals surface area contributed by atoms with Crippen molar-refractivity contribution in [3.63, 3.8) is 0 Å². The van der Waals surface area contributed by atoms with Crippen LogP contribution in [-0.2, 0) is 9.47 Å². The van der Waals surface area contributed by atoms with Crippen molar-refractivity contribution < 1.29 is 14.3 Å². The van der Waals surface area contributed by atoms with Gasteiger partial charge < -0.3 is 19.7 Å². The van der Waals surface area contributed by atoms with Gasteiger partial charge in [0.15, 0.2) is 0 Å². The fourth-order valence-electron chi connectivity index (χ4n) is 1.70. The van der Waals surface area contributed by atoms with E-state index in [9.17, 15) is 4.79 Å². The van der Waals surface area contributed by atoms with Crippen molar-refractivity contribution in [1.82, 2.24) is 10.2 Å². The minimum Gasteiger partial charge on any atom is -0.377 e. The van der Waals surface area contributed by atoms with Gasteiger partial charge in [0.1, 0.15) is 12.2 Å². The molecule has 1 fully saturated rings. The van der Waals surface area contributed by atoms with E-state index in [-0.39, 0.29) is 24.3 Å². The summed E-state index contributed by atoms with van der Waals surface area (Å²) in [6.45, 7) is 5.06. The lowest BCUT2D eigenvalue weighted by atomic mass is 10.3. The van der Waals surface area contributed by atoms with E-state index in [2.05, 4.69) is 5.32 Å². The highest BCUT2D eigenvalue weighted by molar-refractivity contribution is 5.74. The maximum absolute atomic E-state index is 11.7. The highest BCUT2D eigenvalue weighted by Gasteiger charge is 2.35. The third-order valence-corrected chi connectivity index (χ3v) is 2.52. The van der Waals surface area contributed by atoms with Crippen LogP contribution < -0.4 is 5.32 Å². The number of carbonyl (C=O) groups is 1. The second-order valence-corrected chi connectivity index (χ2v) is 4.06. The summed E-state index contributed by atoms with van der Waals surface area (Å²) in [7, 11) is 3.28. The lowest BCUT2D eigenvalue weighted by Gasteiger charge is -2.18. The van der Waals surface area contributed by atoms with Crippen LogP contribution in [0.3, 0.4) is 0 Å². The number of carbonyl (C=O) groups excluding carboxylic acids is 1. The second-order valence-electron chi connectivity index (χ2n) is 4.06. The van der Waals surface area contributed by atoms with Gasteiger partial charge in [-0.3, -0.25) is 0 Å². The van der Waals surface area contributed by atoms with Crippen LogP contribution in [0.5, 0.6) is 0 Å².